The van der Waals surface area contributed by atoms with Crippen LogP contribution in [0.5, 0.6) is 0 Å². The zero-order valence-electron chi connectivity index (χ0n) is 6.30. The topological polar surface area (TPSA) is 0 Å². The summed E-state index contributed by atoms with van der Waals surface area (Å²) in [5.41, 5.74) is 0. The van der Waals surface area contributed by atoms with Gasteiger partial charge in [0.05, 0.1) is 0 Å². The van der Waals surface area contributed by atoms with E-state index in [0.29, 0.717) is 0 Å². The third-order valence-corrected chi connectivity index (χ3v) is 2.28. The van der Waals surface area contributed by atoms with Crippen molar-refractivity contribution >= 4 is 0 Å². The summed E-state index contributed by atoms with van der Waals surface area (Å²) >= 11 is 2.09. The number of rotatable bonds is 6. The first-order valence-corrected chi connectivity index (χ1v) is 5.56. The first-order valence-electron chi connectivity index (χ1n) is 3.96. The average Bonchev–Trinajstić information content (AvgIpc) is 1.89. The molecular weight excluding hydrogens is 253 g/mol. The van der Waals surface area contributed by atoms with Crippen LogP contribution in [0.25, 0.3) is 0 Å². The normalized spacial score (nSPS) is 10.0. The standard InChI is InChI=1S/C8H17.Gd/c1-3-5-7-8-6-4-2;/h1,3-8H2,2H3;. The molecule has 0 saturated carbocycles. The molecule has 57 valence electrons. The molecule has 0 amide bonds. The van der Waals surface area contributed by atoms with Gasteiger partial charge >= 0.3 is 85.6 Å². The minimum atomic E-state index is 1.37. The van der Waals surface area contributed by atoms with Crippen LogP contribution in [0.4, 0.5) is 0 Å². The van der Waals surface area contributed by atoms with Crippen LogP contribution < -0.4 is 0 Å². The molecule has 0 saturated heterocycles. The van der Waals surface area contributed by atoms with Crippen molar-refractivity contribution < 1.29 is 37.9 Å². The molecule has 0 bridgehead atoms. The van der Waals surface area contributed by atoms with Crippen molar-refractivity contribution in [1.29, 1.82) is 0 Å². The molecule has 9 heavy (non-hydrogen) atoms. The molecule has 0 rings (SSSR count). The van der Waals surface area contributed by atoms with Gasteiger partial charge in [0.2, 0.25) is 0 Å². The zero-order chi connectivity index (χ0) is 6.95. The van der Waals surface area contributed by atoms with Gasteiger partial charge in [-0.2, -0.15) is 0 Å². The quantitative estimate of drug-likeness (QED) is 0.650. The fraction of sp³-hybridized carbons (Fsp3) is 1.00. The first-order chi connectivity index (χ1) is 4.41. The van der Waals surface area contributed by atoms with E-state index in [1.807, 2.05) is 0 Å². The van der Waals surface area contributed by atoms with Crippen molar-refractivity contribution in [3.8, 4) is 0 Å². The summed E-state index contributed by atoms with van der Waals surface area (Å²) in [5.74, 6) is 0. The molecule has 0 heterocycles. The Balaban J connectivity index is 2.60. The van der Waals surface area contributed by atoms with E-state index >= 15 is 0 Å². The second kappa shape index (κ2) is 9.32. The third-order valence-electron chi connectivity index (χ3n) is 1.48. The van der Waals surface area contributed by atoms with Crippen LogP contribution in [0.3, 0.4) is 0 Å². The molecule has 0 radical (unpaired) electrons. The maximum atomic E-state index is 2.27. The van der Waals surface area contributed by atoms with Gasteiger partial charge in [-0.05, 0) is 0 Å². The van der Waals surface area contributed by atoms with Crippen LogP contribution in [0, 0.1) is 37.9 Å². The van der Waals surface area contributed by atoms with Gasteiger partial charge in [0.15, 0.2) is 0 Å². The predicted octanol–water partition coefficient (Wildman–Crippen LogP) is 3.31. The number of hydrogen-bond donors (Lipinski definition) is 0. The third kappa shape index (κ3) is 9.32. The van der Waals surface area contributed by atoms with E-state index < -0.39 is 0 Å². The summed E-state index contributed by atoms with van der Waals surface area (Å²) in [4.78, 5) is 0. The summed E-state index contributed by atoms with van der Waals surface area (Å²) in [6, 6.07) is 0. The Kier molecular flexibility index (Phi) is 10.7. The molecule has 0 aromatic carbocycles. The van der Waals surface area contributed by atoms with Crippen LogP contribution in [0.1, 0.15) is 45.4 Å². The zero-order valence-corrected chi connectivity index (χ0v) is 8.57. The van der Waals surface area contributed by atoms with Crippen molar-refractivity contribution in [3.63, 3.8) is 0 Å². The Morgan fingerprint density at radius 1 is 0.889 bits per heavy atom. The molecule has 0 atom stereocenters. The van der Waals surface area contributed by atoms with Crippen molar-refractivity contribution in [2.24, 2.45) is 0 Å². The Bertz CT molecular complexity index is 37.8. The maximum absolute atomic E-state index is 2.27. The van der Waals surface area contributed by atoms with Gasteiger partial charge in [-0.15, -0.1) is 0 Å². The van der Waals surface area contributed by atoms with Crippen molar-refractivity contribution in [1.82, 2.24) is 0 Å². The van der Waals surface area contributed by atoms with Crippen molar-refractivity contribution in [2.45, 2.75) is 47.6 Å². The molecular formula is C8H17Gd. The molecule has 1 heteroatoms. The second-order valence-electron chi connectivity index (χ2n) is 2.44. The molecule has 0 aromatic heterocycles. The number of hydrogen-bond acceptors (Lipinski definition) is 0. The van der Waals surface area contributed by atoms with Crippen molar-refractivity contribution in [2.75, 3.05) is 0 Å². The summed E-state index contributed by atoms with van der Waals surface area (Å²) in [7, 11) is 0. The van der Waals surface area contributed by atoms with Gasteiger partial charge in [0.25, 0.3) is 0 Å². The van der Waals surface area contributed by atoms with Crippen LogP contribution in [-0.2, 0) is 0 Å². The van der Waals surface area contributed by atoms with Gasteiger partial charge in [-0.3, -0.25) is 0 Å². The molecule has 0 aliphatic heterocycles. The Labute approximate surface area is 84.7 Å². The van der Waals surface area contributed by atoms with Gasteiger partial charge in [-0.25, -0.2) is 0 Å². The van der Waals surface area contributed by atoms with E-state index in [0.717, 1.165) is 0 Å². The molecule has 0 aliphatic carbocycles. The fourth-order valence-electron chi connectivity index (χ4n) is 0.869. The molecule has 0 aromatic rings. The molecule has 0 N–H and O–H groups in total. The molecule has 0 aliphatic rings. The second-order valence-corrected chi connectivity index (χ2v) is 3.58. The number of unbranched alkanes of at least 4 members (excludes halogenated alkanes) is 5. The van der Waals surface area contributed by atoms with Crippen LogP contribution in [0.2, 0.25) is 2.20 Å². The van der Waals surface area contributed by atoms with E-state index in [4.69, 9.17) is 0 Å². The monoisotopic (exact) mass is 271 g/mol. The van der Waals surface area contributed by atoms with E-state index in [2.05, 4.69) is 44.8 Å². The van der Waals surface area contributed by atoms with Crippen LogP contribution in [0.15, 0.2) is 0 Å². The first kappa shape index (κ1) is 10.3. The Morgan fingerprint density at radius 2 is 1.44 bits per heavy atom. The Hall–Kier alpha value is 1.32. The average molecular weight is 270 g/mol. The SMILES string of the molecule is CCCCCCC[CH2][Gd]. The molecule has 0 nitrogen and oxygen atoms in total. The van der Waals surface area contributed by atoms with Gasteiger partial charge < -0.3 is 0 Å². The van der Waals surface area contributed by atoms with E-state index in [9.17, 15) is 0 Å². The van der Waals surface area contributed by atoms with E-state index in [-0.39, 0.29) is 0 Å². The van der Waals surface area contributed by atoms with E-state index in [1.165, 1.54) is 40.7 Å². The molecule has 0 spiro atoms. The van der Waals surface area contributed by atoms with Gasteiger partial charge in [0, 0.05) is 0 Å². The molecule has 0 fully saturated rings. The molecule has 0 unspecified atom stereocenters. The van der Waals surface area contributed by atoms with E-state index in [1.54, 1.807) is 0 Å². The summed E-state index contributed by atoms with van der Waals surface area (Å²) in [5, 5.41) is 0. The fourth-order valence-corrected chi connectivity index (χ4v) is 1.44. The van der Waals surface area contributed by atoms with Crippen LogP contribution >= 0.6 is 0 Å². The van der Waals surface area contributed by atoms with Crippen LogP contribution in [-0.4, -0.2) is 0 Å². The van der Waals surface area contributed by atoms with Gasteiger partial charge in [-0.1, -0.05) is 0 Å². The minimum absolute atomic E-state index is 1.37. The summed E-state index contributed by atoms with van der Waals surface area (Å²) in [6.45, 7) is 2.27. The Morgan fingerprint density at radius 3 is 2.00 bits per heavy atom. The van der Waals surface area contributed by atoms with Crippen molar-refractivity contribution in [3.05, 3.63) is 0 Å². The van der Waals surface area contributed by atoms with Gasteiger partial charge in [0.1, 0.15) is 0 Å². The summed E-state index contributed by atoms with van der Waals surface area (Å²) in [6.07, 6.45) is 8.64. The predicted molar refractivity (Wildman–Crippen MR) is 38.2 cm³/mol. The summed E-state index contributed by atoms with van der Waals surface area (Å²) < 4.78 is 1.39.